The van der Waals surface area contributed by atoms with Crippen LogP contribution in [-0.2, 0) is 0 Å². The molecule has 1 aliphatic rings. The molecule has 1 aliphatic carbocycles. The molecule has 1 aromatic heterocycles. The molecule has 0 spiro atoms. The topological polar surface area (TPSA) is 51.8 Å². The van der Waals surface area contributed by atoms with E-state index in [1.54, 1.807) is 0 Å². The van der Waals surface area contributed by atoms with Crippen LogP contribution in [0.3, 0.4) is 0 Å². The fourth-order valence-corrected chi connectivity index (χ4v) is 3.86. The first-order valence-electron chi connectivity index (χ1n) is 6.74. The molecule has 0 unspecified atom stereocenters. The number of aromatic nitrogens is 2. The van der Waals surface area contributed by atoms with Crippen LogP contribution >= 0.6 is 38.5 Å². The zero-order valence-electron chi connectivity index (χ0n) is 10.9. The first-order valence-corrected chi connectivity index (χ1v) is 8.62. The molecule has 0 radical (unpaired) electrons. The second-order valence-corrected chi connectivity index (χ2v) is 7.03. The van der Waals surface area contributed by atoms with Gasteiger partial charge in [-0.3, -0.25) is 0 Å². The molecule has 3 rings (SSSR count). The zero-order valence-corrected chi connectivity index (χ0v) is 14.7. The molecule has 0 amide bonds. The van der Waals surface area contributed by atoms with Gasteiger partial charge in [-0.25, -0.2) is 9.97 Å². The molecule has 0 saturated heterocycles. The van der Waals surface area contributed by atoms with E-state index in [1.807, 2.05) is 24.3 Å². The number of nitrogens with zero attached hydrogens (tertiary/aromatic N) is 2. The summed E-state index contributed by atoms with van der Waals surface area (Å²) >= 11 is 5.84. The van der Waals surface area contributed by atoms with Crippen LogP contribution in [0.5, 0.6) is 0 Å². The van der Waals surface area contributed by atoms with E-state index < -0.39 is 0 Å². The van der Waals surface area contributed by atoms with Gasteiger partial charge in [0.1, 0.15) is 5.82 Å². The summed E-state index contributed by atoms with van der Waals surface area (Å²) in [4.78, 5) is 9.28. The van der Waals surface area contributed by atoms with Gasteiger partial charge in [-0.2, -0.15) is 0 Å². The summed E-state index contributed by atoms with van der Waals surface area (Å²) in [6.45, 7) is 0. The predicted molar refractivity (Wildman–Crippen MR) is 93.5 cm³/mol. The summed E-state index contributed by atoms with van der Waals surface area (Å²) in [7, 11) is 0. The highest BCUT2D eigenvalue weighted by atomic mass is 127. The maximum Gasteiger partial charge on any atom is 0.162 e. The fraction of sp³-hybridized carbons (Fsp3) is 0.333. The number of hydrogen-bond donors (Lipinski definition) is 1. The van der Waals surface area contributed by atoms with E-state index in [0.29, 0.717) is 11.7 Å². The number of benzene rings is 1. The Morgan fingerprint density at radius 1 is 1.15 bits per heavy atom. The normalized spacial score (nSPS) is 15.7. The number of halogens is 2. The Morgan fingerprint density at radius 3 is 2.55 bits per heavy atom. The number of anilines is 1. The lowest BCUT2D eigenvalue weighted by Gasteiger charge is -2.14. The van der Waals surface area contributed by atoms with Crippen molar-refractivity contribution in [3.05, 3.63) is 38.0 Å². The van der Waals surface area contributed by atoms with E-state index in [2.05, 4.69) is 43.5 Å². The van der Waals surface area contributed by atoms with E-state index in [9.17, 15) is 0 Å². The van der Waals surface area contributed by atoms with Crippen LogP contribution < -0.4 is 5.73 Å². The van der Waals surface area contributed by atoms with Crippen LogP contribution in [0.15, 0.2) is 28.7 Å². The lowest BCUT2D eigenvalue weighted by atomic mass is 10.0. The van der Waals surface area contributed by atoms with E-state index in [0.717, 1.165) is 25.1 Å². The van der Waals surface area contributed by atoms with Crippen molar-refractivity contribution in [2.75, 3.05) is 5.73 Å². The Kier molecular flexibility index (Phi) is 4.26. The molecule has 0 bridgehead atoms. The number of nitrogen functional groups attached to an aromatic ring is 1. The Balaban J connectivity index is 2.11. The Morgan fingerprint density at radius 2 is 1.85 bits per heavy atom. The summed E-state index contributed by atoms with van der Waals surface area (Å²) in [5, 5.41) is 0. The van der Waals surface area contributed by atoms with Gasteiger partial charge in [-0.05, 0) is 41.5 Å². The lowest BCUT2D eigenvalue weighted by Crippen LogP contribution is -2.08. The third-order valence-corrected chi connectivity index (χ3v) is 5.56. The predicted octanol–water partition coefficient (Wildman–Crippen LogP) is 4.75. The molecule has 1 aromatic carbocycles. The Hall–Kier alpha value is -0.690. The van der Waals surface area contributed by atoms with Gasteiger partial charge in [0.05, 0.1) is 9.26 Å². The molecular weight excluding hydrogens is 429 g/mol. The fourth-order valence-electron chi connectivity index (χ4n) is 2.72. The highest BCUT2D eigenvalue weighted by molar-refractivity contribution is 14.1. The minimum atomic E-state index is 0.536. The molecule has 1 saturated carbocycles. The maximum absolute atomic E-state index is 6.10. The quantitative estimate of drug-likeness (QED) is 0.681. The minimum absolute atomic E-state index is 0.536. The van der Waals surface area contributed by atoms with Crippen molar-refractivity contribution >= 4 is 44.3 Å². The average Bonchev–Trinajstić information content (AvgIpc) is 2.96. The molecule has 0 aliphatic heterocycles. The molecule has 2 aromatic rings. The van der Waals surface area contributed by atoms with Gasteiger partial charge in [0.15, 0.2) is 5.82 Å². The van der Waals surface area contributed by atoms with E-state index >= 15 is 0 Å². The van der Waals surface area contributed by atoms with Gasteiger partial charge in [0.25, 0.3) is 0 Å². The molecule has 1 heterocycles. The van der Waals surface area contributed by atoms with Gasteiger partial charge >= 0.3 is 0 Å². The SMILES string of the molecule is Nc1nc(-c2ccccc2Br)nc(C2CCCC2)c1I. The summed E-state index contributed by atoms with van der Waals surface area (Å²) in [5.41, 5.74) is 8.22. The average molecular weight is 444 g/mol. The largest absolute Gasteiger partial charge is 0.383 e. The van der Waals surface area contributed by atoms with Crippen molar-refractivity contribution < 1.29 is 0 Å². The van der Waals surface area contributed by atoms with Crippen LogP contribution in [-0.4, -0.2) is 9.97 Å². The van der Waals surface area contributed by atoms with Crippen LogP contribution in [0.25, 0.3) is 11.4 Å². The van der Waals surface area contributed by atoms with Crippen LogP contribution in [0.1, 0.15) is 37.3 Å². The van der Waals surface area contributed by atoms with Gasteiger partial charge in [-0.15, -0.1) is 0 Å². The molecule has 104 valence electrons. The third-order valence-electron chi connectivity index (χ3n) is 3.76. The van der Waals surface area contributed by atoms with Crippen molar-refractivity contribution in [3.63, 3.8) is 0 Å². The van der Waals surface area contributed by atoms with Gasteiger partial charge in [-0.1, -0.05) is 47.0 Å². The third kappa shape index (κ3) is 2.70. The van der Waals surface area contributed by atoms with Gasteiger partial charge in [0, 0.05) is 16.0 Å². The summed E-state index contributed by atoms with van der Waals surface area (Å²) < 4.78 is 2.02. The van der Waals surface area contributed by atoms with E-state index in [4.69, 9.17) is 10.7 Å². The zero-order chi connectivity index (χ0) is 14.1. The maximum atomic E-state index is 6.10. The number of nitrogens with two attached hydrogens (primary N) is 1. The Labute approximate surface area is 140 Å². The number of hydrogen-bond acceptors (Lipinski definition) is 3. The first-order chi connectivity index (χ1) is 9.66. The van der Waals surface area contributed by atoms with Gasteiger partial charge in [0.2, 0.25) is 0 Å². The number of rotatable bonds is 2. The highest BCUT2D eigenvalue weighted by Crippen LogP contribution is 2.38. The van der Waals surface area contributed by atoms with Crippen LogP contribution in [0.2, 0.25) is 0 Å². The second-order valence-electron chi connectivity index (χ2n) is 5.09. The molecule has 20 heavy (non-hydrogen) atoms. The van der Waals surface area contributed by atoms with Crippen molar-refractivity contribution in [3.8, 4) is 11.4 Å². The van der Waals surface area contributed by atoms with Crippen LogP contribution in [0.4, 0.5) is 5.82 Å². The molecule has 0 atom stereocenters. The molecular formula is C15H15BrIN3. The smallest absolute Gasteiger partial charge is 0.162 e. The van der Waals surface area contributed by atoms with E-state index in [1.165, 1.54) is 25.7 Å². The molecule has 3 nitrogen and oxygen atoms in total. The van der Waals surface area contributed by atoms with Gasteiger partial charge < -0.3 is 5.73 Å². The molecule has 2 N–H and O–H groups in total. The second kappa shape index (κ2) is 5.97. The summed E-state index contributed by atoms with van der Waals surface area (Å²) in [6, 6.07) is 8.00. The lowest BCUT2D eigenvalue weighted by molar-refractivity contribution is 0.691. The van der Waals surface area contributed by atoms with Crippen molar-refractivity contribution in [1.29, 1.82) is 0 Å². The van der Waals surface area contributed by atoms with Crippen molar-refractivity contribution in [2.45, 2.75) is 31.6 Å². The van der Waals surface area contributed by atoms with Crippen molar-refractivity contribution in [1.82, 2.24) is 9.97 Å². The highest BCUT2D eigenvalue weighted by Gasteiger charge is 2.23. The van der Waals surface area contributed by atoms with Crippen LogP contribution in [0, 0.1) is 3.57 Å². The summed E-state index contributed by atoms with van der Waals surface area (Å²) in [6.07, 6.45) is 4.99. The standard InChI is InChI=1S/C15H15BrIN3/c16-11-8-4-3-7-10(11)15-19-13(9-5-1-2-6-9)12(17)14(18)20-15/h3-4,7-9H,1-2,5-6H2,(H2,18,19,20). The monoisotopic (exact) mass is 443 g/mol. The molecule has 5 heteroatoms. The Bertz CT molecular complexity index is 639. The summed E-state index contributed by atoms with van der Waals surface area (Å²) in [5.74, 6) is 1.85. The van der Waals surface area contributed by atoms with E-state index in [-0.39, 0.29) is 0 Å². The first kappa shape index (κ1) is 14.3. The molecule has 1 fully saturated rings. The minimum Gasteiger partial charge on any atom is -0.383 e. The van der Waals surface area contributed by atoms with Crippen molar-refractivity contribution in [2.24, 2.45) is 0 Å².